The number of rotatable bonds is 4. The second-order valence-electron chi connectivity index (χ2n) is 5.34. The zero-order chi connectivity index (χ0) is 17.2. The summed E-state index contributed by atoms with van der Waals surface area (Å²) in [6.07, 6.45) is 1.64. The van der Waals surface area contributed by atoms with E-state index in [1.54, 1.807) is 18.3 Å². The molecule has 0 saturated carbocycles. The molecule has 1 N–H and O–H groups in total. The van der Waals surface area contributed by atoms with Gasteiger partial charge in [-0.3, -0.25) is 4.79 Å². The lowest BCUT2D eigenvalue weighted by atomic mass is 10.2. The fraction of sp³-hybridized carbons (Fsp3) is 0.0588. The number of hydrogen-bond acceptors (Lipinski definition) is 5. The molecule has 4 aromatic rings. The molecule has 0 spiro atoms. The molecule has 0 aliphatic carbocycles. The lowest BCUT2D eigenvalue weighted by Crippen LogP contribution is -2.19. The van der Waals surface area contributed by atoms with Crippen molar-refractivity contribution in [2.75, 3.05) is 5.32 Å². The molecule has 0 aliphatic heterocycles. The van der Waals surface area contributed by atoms with Gasteiger partial charge in [-0.1, -0.05) is 28.7 Å². The second-order valence-corrected chi connectivity index (χ2v) is 6.37. The first-order valence-electron chi connectivity index (χ1n) is 7.49. The van der Waals surface area contributed by atoms with Gasteiger partial charge in [0, 0.05) is 5.56 Å². The molecule has 4 rings (SSSR count). The van der Waals surface area contributed by atoms with Gasteiger partial charge < -0.3 is 5.32 Å². The van der Waals surface area contributed by atoms with Crippen LogP contribution in [0.2, 0.25) is 0 Å². The summed E-state index contributed by atoms with van der Waals surface area (Å²) in [4.78, 5) is 16.5. The first kappa shape index (κ1) is 15.4. The Morgan fingerprint density at radius 3 is 2.76 bits per heavy atom. The molecule has 0 unspecified atom stereocenters. The van der Waals surface area contributed by atoms with E-state index >= 15 is 0 Å². The number of benzene rings is 2. The Morgan fingerprint density at radius 2 is 1.96 bits per heavy atom. The van der Waals surface area contributed by atoms with Gasteiger partial charge >= 0.3 is 0 Å². The second kappa shape index (κ2) is 6.40. The zero-order valence-electron chi connectivity index (χ0n) is 12.9. The minimum absolute atomic E-state index is 0.0180. The number of amides is 1. The van der Waals surface area contributed by atoms with E-state index in [-0.39, 0.29) is 18.3 Å². The molecule has 0 atom stereocenters. The third kappa shape index (κ3) is 3.38. The van der Waals surface area contributed by atoms with Crippen molar-refractivity contribution in [3.05, 3.63) is 60.5 Å². The molecule has 0 aliphatic rings. The third-order valence-corrected chi connectivity index (χ3v) is 4.48. The van der Waals surface area contributed by atoms with Crippen LogP contribution in [0.4, 0.5) is 9.52 Å². The number of carbonyl (C=O) groups excluding carboxylic acids is 1. The van der Waals surface area contributed by atoms with Gasteiger partial charge in [0.05, 0.1) is 16.4 Å². The van der Waals surface area contributed by atoms with Gasteiger partial charge in [0.1, 0.15) is 18.1 Å². The SMILES string of the molecule is O=C(Cn1cc(-c2ccc(F)cc2)nn1)Nc1nc2ccccc2s1. The van der Waals surface area contributed by atoms with Crippen molar-refractivity contribution >= 4 is 32.6 Å². The van der Waals surface area contributed by atoms with E-state index in [1.165, 1.54) is 28.2 Å². The fourth-order valence-electron chi connectivity index (χ4n) is 2.36. The number of aromatic nitrogens is 4. The smallest absolute Gasteiger partial charge is 0.247 e. The van der Waals surface area contributed by atoms with Crippen LogP contribution in [0.1, 0.15) is 0 Å². The summed E-state index contributed by atoms with van der Waals surface area (Å²) in [7, 11) is 0. The van der Waals surface area contributed by atoms with Crippen LogP contribution >= 0.6 is 11.3 Å². The molecule has 0 fully saturated rings. The van der Waals surface area contributed by atoms with E-state index in [4.69, 9.17) is 0 Å². The molecule has 0 radical (unpaired) electrons. The maximum absolute atomic E-state index is 13.0. The third-order valence-electron chi connectivity index (χ3n) is 3.52. The standard InChI is InChI=1S/C17H12FN5OS/c18-12-7-5-11(6-8-12)14-9-23(22-21-14)10-16(24)20-17-19-13-3-1-2-4-15(13)25-17/h1-9H,10H2,(H,19,20,24). The highest BCUT2D eigenvalue weighted by Gasteiger charge is 2.10. The number of nitrogens with one attached hydrogen (secondary N) is 1. The Kier molecular flexibility index (Phi) is 3.95. The molecule has 25 heavy (non-hydrogen) atoms. The van der Waals surface area contributed by atoms with E-state index in [2.05, 4.69) is 20.6 Å². The lowest BCUT2D eigenvalue weighted by molar-refractivity contribution is -0.116. The Hall–Kier alpha value is -3.13. The van der Waals surface area contributed by atoms with Crippen LogP contribution in [0.15, 0.2) is 54.7 Å². The van der Waals surface area contributed by atoms with Crippen LogP contribution in [-0.4, -0.2) is 25.9 Å². The van der Waals surface area contributed by atoms with Crippen molar-refractivity contribution in [2.45, 2.75) is 6.54 Å². The van der Waals surface area contributed by atoms with Crippen molar-refractivity contribution in [3.8, 4) is 11.3 Å². The summed E-state index contributed by atoms with van der Waals surface area (Å²) in [5.74, 6) is -0.555. The van der Waals surface area contributed by atoms with E-state index in [9.17, 15) is 9.18 Å². The van der Waals surface area contributed by atoms with Gasteiger partial charge in [-0.25, -0.2) is 14.1 Å². The van der Waals surface area contributed by atoms with Crippen LogP contribution < -0.4 is 5.32 Å². The van der Waals surface area contributed by atoms with Gasteiger partial charge in [-0.2, -0.15) is 0 Å². The Balaban J connectivity index is 1.45. The zero-order valence-corrected chi connectivity index (χ0v) is 13.7. The summed E-state index contributed by atoms with van der Waals surface area (Å²) in [5, 5.41) is 11.3. The summed E-state index contributed by atoms with van der Waals surface area (Å²) in [5.41, 5.74) is 2.16. The Labute approximate surface area is 145 Å². The molecule has 8 heteroatoms. The molecule has 124 valence electrons. The Morgan fingerprint density at radius 1 is 1.16 bits per heavy atom. The van der Waals surface area contributed by atoms with E-state index in [0.717, 1.165) is 15.8 Å². The largest absolute Gasteiger partial charge is 0.300 e. The highest BCUT2D eigenvalue weighted by molar-refractivity contribution is 7.22. The minimum atomic E-state index is -0.314. The first-order valence-corrected chi connectivity index (χ1v) is 8.30. The molecular weight excluding hydrogens is 341 g/mol. The molecule has 0 saturated heterocycles. The molecule has 2 heterocycles. The number of fused-ring (bicyclic) bond motifs is 1. The summed E-state index contributed by atoms with van der Waals surface area (Å²) < 4.78 is 15.4. The molecule has 6 nitrogen and oxygen atoms in total. The highest BCUT2D eigenvalue weighted by atomic mass is 32.1. The number of para-hydroxylation sites is 1. The van der Waals surface area contributed by atoms with Crippen LogP contribution in [-0.2, 0) is 11.3 Å². The molecule has 2 aromatic carbocycles. The average molecular weight is 353 g/mol. The van der Waals surface area contributed by atoms with E-state index in [1.807, 2.05) is 24.3 Å². The Bertz CT molecular complexity index is 1010. The van der Waals surface area contributed by atoms with Crippen molar-refractivity contribution in [3.63, 3.8) is 0 Å². The predicted octanol–water partition coefficient (Wildman–Crippen LogP) is 3.33. The quantitative estimate of drug-likeness (QED) is 0.611. The number of anilines is 1. The minimum Gasteiger partial charge on any atom is -0.300 e. The van der Waals surface area contributed by atoms with Crippen LogP contribution in [0.3, 0.4) is 0 Å². The highest BCUT2D eigenvalue weighted by Crippen LogP contribution is 2.25. The van der Waals surface area contributed by atoms with Crippen molar-refractivity contribution in [1.82, 2.24) is 20.0 Å². The van der Waals surface area contributed by atoms with Gasteiger partial charge in [0.15, 0.2) is 5.13 Å². The van der Waals surface area contributed by atoms with E-state index < -0.39 is 0 Å². The normalized spacial score (nSPS) is 10.9. The molecule has 0 bridgehead atoms. The molecule has 2 aromatic heterocycles. The van der Waals surface area contributed by atoms with Gasteiger partial charge in [0.2, 0.25) is 5.91 Å². The lowest BCUT2D eigenvalue weighted by Gasteiger charge is -2.00. The summed E-state index contributed by atoms with van der Waals surface area (Å²) in [6.45, 7) is 0.0180. The number of halogens is 1. The van der Waals surface area contributed by atoms with Crippen molar-refractivity contribution in [2.24, 2.45) is 0 Å². The van der Waals surface area contributed by atoms with Gasteiger partial charge in [0.25, 0.3) is 0 Å². The fourth-order valence-corrected chi connectivity index (χ4v) is 3.24. The van der Waals surface area contributed by atoms with Crippen LogP contribution in [0.5, 0.6) is 0 Å². The number of carbonyl (C=O) groups is 1. The van der Waals surface area contributed by atoms with E-state index in [0.29, 0.717) is 10.8 Å². The monoisotopic (exact) mass is 353 g/mol. The van der Waals surface area contributed by atoms with Crippen LogP contribution in [0.25, 0.3) is 21.5 Å². The summed E-state index contributed by atoms with van der Waals surface area (Å²) >= 11 is 1.42. The topological polar surface area (TPSA) is 72.7 Å². The number of thiazole rings is 1. The first-order chi connectivity index (χ1) is 12.2. The van der Waals surface area contributed by atoms with Crippen LogP contribution in [0, 0.1) is 5.82 Å². The maximum Gasteiger partial charge on any atom is 0.247 e. The maximum atomic E-state index is 13.0. The van der Waals surface area contributed by atoms with Gasteiger partial charge in [-0.05, 0) is 36.4 Å². The molecular formula is C17H12FN5OS. The molecule has 1 amide bonds. The predicted molar refractivity (Wildman–Crippen MR) is 93.7 cm³/mol. The summed E-state index contributed by atoms with van der Waals surface area (Å²) in [6, 6.07) is 13.6. The van der Waals surface area contributed by atoms with Crippen molar-refractivity contribution < 1.29 is 9.18 Å². The number of hydrogen-bond donors (Lipinski definition) is 1. The number of nitrogens with zero attached hydrogens (tertiary/aromatic N) is 4. The van der Waals surface area contributed by atoms with Gasteiger partial charge in [-0.15, -0.1) is 5.10 Å². The average Bonchev–Trinajstić information content (AvgIpc) is 3.21. The van der Waals surface area contributed by atoms with Crippen molar-refractivity contribution in [1.29, 1.82) is 0 Å².